The molecule has 102 valence electrons. The summed E-state index contributed by atoms with van der Waals surface area (Å²) in [5.74, 6) is 0.352. The number of phenols is 1. The van der Waals surface area contributed by atoms with Gasteiger partial charge < -0.3 is 10.8 Å². The number of rotatable bonds is 1. The first kappa shape index (κ1) is 15.0. The zero-order valence-corrected chi connectivity index (χ0v) is 12.8. The van der Waals surface area contributed by atoms with Crippen LogP contribution in [-0.2, 0) is 10.8 Å². The number of nitrogens with two attached hydrogens (primary N) is 1. The Kier molecular flexibility index (Phi) is 3.83. The van der Waals surface area contributed by atoms with Crippen molar-refractivity contribution in [3.8, 4) is 5.75 Å². The minimum Gasteiger partial charge on any atom is -0.507 e. The Morgan fingerprint density at radius 2 is 1.50 bits per heavy atom. The van der Waals surface area contributed by atoms with Gasteiger partial charge in [0.2, 0.25) is 0 Å². The molecule has 0 fully saturated rings. The molecule has 2 heteroatoms. The minimum absolute atomic E-state index is 0.0529. The highest BCUT2D eigenvalue weighted by atomic mass is 16.3. The van der Waals surface area contributed by atoms with Gasteiger partial charge in [0.05, 0.1) is 0 Å². The van der Waals surface area contributed by atoms with E-state index < -0.39 is 0 Å². The van der Waals surface area contributed by atoms with Crippen LogP contribution in [0.25, 0.3) is 0 Å². The number of aromatic hydroxyl groups is 1. The fraction of sp³-hybridized carbons (Fsp3) is 0.625. The molecule has 0 saturated carbocycles. The maximum Gasteiger partial charge on any atom is 0.124 e. The monoisotopic (exact) mass is 249 g/mol. The lowest BCUT2D eigenvalue weighted by atomic mass is 9.78. The molecular formula is C16H27NO. The molecule has 1 unspecified atom stereocenters. The number of hydrogen-bond acceptors (Lipinski definition) is 2. The molecule has 2 nitrogen and oxygen atoms in total. The van der Waals surface area contributed by atoms with E-state index in [1.54, 1.807) is 0 Å². The van der Waals surface area contributed by atoms with Gasteiger partial charge in [0.15, 0.2) is 0 Å². The molecule has 0 aliphatic carbocycles. The zero-order chi connectivity index (χ0) is 14.3. The second-order valence-electron chi connectivity index (χ2n) is 7.25. The minimum atomic E-state index is -0.159. The third-order valence-electron chi connectivity index (χ3n) is 3.30. The van der Waals surface area contributed by atoms with Crippen LogP contribution in [0.5, 0.6) is 5.75 Å². The van der Waals surface area contributed by atoms with Gasteiger partial charge in [-0.3, -0.25) is 0 Å². The van der Waals surface area contributed by atoms with Gasteiger partial charge in [-0.15, -0.1) is 0 Å². The van der Waals surface area contributed by atoms with Crippen LogP contribution in [0.1, 0.15) is 71.2 Å². The Morgan fingerprint density at radius 1 is 1.00 bits per heavy atom. The Balaban J connectivity index is 3.58. The Labute approximate surface area is 111 Å². The van der Waals surface area contributed by atoms with Crippen molar-refractivity contribution in [1.29, 1.82) is 0 Å². The highest BCUT2D eigenvalue weighted by Crippen LogP contribution is 2.39. The molecular weight excluding hydrogens is 222 g/mol. The SMILES string of the molecule is CC(N)c1cc(C(C)(C)C)cc(C(C)(C)C)c1O. The van der Waals surface area contributed by atoms with Crippen molar-refractivity contribution in [1.82, 2.24) is 0 Å². The van der Waals surface area contributed by atoms with E-state index in [1.807, 2.05) is 13.0 Å². The Morgan fingerprint density at radius 3 is 1.83 bits per heavy atom. The molecule has 1 atom stereocenters. The lowest BCUT2D eigenvalue weighted by Crippen LogP contribution is -2.19. The van der Waals surface area contributed by atoms with Crippen molar-refractivity contribution in [2.45, 2.75) is 65.3 Å². The van der Waals surface area contributed by atoms with E-state index in [0.29, 0.717) is 5.75 Å². The third kappa shape index (κ3) is 3.05. The smallest absolute Gasteiger partial charge is 0.124 e. The summed E-state index contributed by atoms with van der Waals surface area (Å²) in [7, 11) is 0. The summed E-state index contributed by atoms with van der Waals surface area (Å²) >= 11 is 0. The van der Waals surface area contributed by atoms with E-state index in [-0.39, 0.29) is 16.9 Å². The van der Waals surface area contributed by atoms with E-state index in [2.05, 4.69) is 47.6 Å². The van der Waals surface area contributed by atoms with Crippen LogP contribution < -0.4 is 5.73 Å². The zero-order valence-electron chi connectivity index (χ0n) is 12.8. The second-order valence-corrected chi connectivity index (χ2v) is 7.25. The fourth-order valence-corrected chi connectivity index (χ4v) is 2.01. The maximum atomic E-state index is 10.4. The van der Waals surface area contributed by atoms with Gasteiger partial charge in [-0.2, -0.15) is 0 Å². The van der Waals surface area contributed by atoms with Crippen molar-refractivity contribution >= 4 is 0 Å². The first-order valence-corrected chi connectivity index (χ1v) is 6.58. The predicted molar refractivity (Wildman–Crippen MR) is 78.1 cm³/mol. The van der Waals surface area contributed by atoms with Crippen LogP contribution in [0.3, 0.4) is 0 Å². The number of benzene rings is 1. The van der Waals surface area contributed by atoms with Crippen molar-refractivity contribution in [2.24, 2.45) is 5.73 Å². The lowest BCUT2D eigenvalue weighted by molar-refractivity contribution is 0.434. The molecule has 0 heterocycles. The Hall–Kier alpha value is -1.02. The summed E-state index contributed by atoms with van der Waals surface area (Å²) in [5, 5.41) is 10.4. The topological polar surface area (TPSA) is 46.2 Å². The molecule has 0 aliphatic rings. The summed E-state index contributed by atoms with van der Waals surface area (Å²) in [6.07, 6.45) is 0. The molecule has 0 radical (unpaired) electrons. The highest BCUT2D eigenvalue weighted by molar-refractivity contribution is 5.49. The normalized spacial score (nSPS) is 14.7. The standard InChI is InChI=1S/C16H27NO/c1-10(17)12-8-11(15(2,3)4)9-13(14(12)18)16(5,6)7/h8-10,18H,17H2,1-7H3. The van der Waals surface area contributed by atoms with Gasteiger partial charge in [-0.1, -0.05) is 53.7 Å². The summed E-state index contributed by atoms with van der Waals surface area (Å²) in [5.41, 5.74) is 8.98. The molecule has 0 amide bonds. The van der Waals surface area contributed by atoms with Crippen molar-refractivity contribution in [3.63, 3.8) is 0 Å². The van der Waals surface area contributed by atoms with Crippen LogP contribution in [-0.4, -0.2) is 5.11 Å². The van der Waals surface area contributed by atoms with Crippen LogP contribution in [0.2, 0.25) is 0 Å². The fourth-order valence-electron chi connectivity index (χ4n) is 2.01. The molecule has 1 rings (SSSR count). The van der Waals surface area contributed by atoms with Crippen molar-refractivity contribution in [3.05, 3.63) is 28.8 Å². The second kappa shape index (κ2) is 4.58. The van der Waals surface area contributed by atoms with Crippen LogP contribution in [0, 0.1) is 0 Å². The first-order chi connectivity index (χ1) is 7.94. The van der Waals surface area contributed by atoms with Crippen LogP contribution in [0.4, 0.5) is 0 Å². The van der Waals surface area contributed by atoms with E-state index >= 15 is 0 Å². The van der Waals surface area contributed by atoms with Gasteiger partial charge in [-0.05, 0) is 28.9 Å². The van der Waals surface area contributed by atoms with Gasteiger partial charge >= 0.3 is 0 Å². The predicted octanol–water partition coefficient (Wildman–Crippen LogP) is 4.01. The lowest BCUT2D eigenvalue weighted by Gasteiger charge is -2.28. The van der Waals surface area contributed by atoms with E-state index in [0.717, 1.165) is 11.1 Å². The molecule has 1 aromatic carbocycles. The van der Waals surface area contributed by atoms with Crippen molar-refractivity contribution in [2.75, 3.05) is 0 Å². The van der Waals surface area contributed by atoms with Crippen molar-refractivity contribution < 1.29 is 5.11 Å². The maximum absolute atomic E-state index is 10.4. The molecule has 0 aliphatic heterocycles. The first-order valence-electron chi connectivity index (χ1n) is 6.58. The average Bonchev–Trinajstić information content (AvgIpc) is 2.13. The molecule has 18 heavy (non-hydrogen) atoms. The van der Waals surface area contributed by atoms with Crippen LogP contribution >= 0.6 is 0 Å². The van der Waals surface area contributed by atoms with Crippen LogP contribution in [0.15, 0.2) is 12.1 Å². The van der Waals surface area contributed by atoms with Gasteiger partial charge in [0.1, 0.15) is 5.75 Å². The molecule has 0 spiro atoms. The summed E-state index contributed by atoms with van der Waals surface area (Å²) in [6.45, 7) is 14.8. The van der Waals surface area contributed by atoms with Gasteiger partial charge in [-0.25, -0.2) is 0 Å². The quantitative estimate of drug-likeness (QED) is 0.790. The highest BCUT2D eigenvalue weighted by Gasteiger charge is 2.25. The van der Waals surface area contributed by atoms with Gasteiger partial charge in [0, 0.05) is 11.6 Å². The number of phenolic OH excluding ortho intramolecular Hbond substituents is 1. The molecule has 3 N–H and O–H groups in total. The van der Waals surface area contributed by atoms with E-state index in [4.69, 9.17) is 5.73 Å². The summed E-state index contributed by atoms with van der Waals surface area (Å²) < 4.78 is 0. The average molecular weight is 249 g/mol. The number of hydrogen-bond donors (Lipinski definition) is 2. The molecule has 0 bridgehead atoms. The largest absolute Gasteiger partial charge is 0.507 e. The third-order valence-corrected chi connectivity index (χ3v) is 3.30. The van der Waals surface area contributed by atoms with E-state index in [9.17, 15) is 5.11 Å². The van der Waals surface area contributed by atoms with E-state index in [1.165, 1.54) is 5.56 Å². The molecule has 0 aromatic heterocycles. The molecule has 1 aromatic rings. The molecule has 0 saturated heterocycles. The summed E-state index contributed by atoms with van der Waals surface area (Å²) in [4.78, 5) is 0. The van der Waals surface area contributed by atoms with Gasteiger partial charge in [0.25, 0.3) is 0 Å². The summed E-state index contributed by atoms with van der Waals surface area (Å²) in [6, 6.07) is 3.99. The Bertz CT molecular complexity index is 434.